The summed E-state index contributed by atoms with van der Waals surface area (Å²) in [6.07, 6.45) is 15.3. The van der Waals surface area contributed by atoms with Crippen LogP contribution in [0.2, 0.25) is 0 Å². The van der Waals surface area contributed by atoms with Gasteiger partial charge in [-0.05, 0) is 204 Å². The standard InChI is InChI=1S/C39H44FN7O5.C26H32BFN2O5.C19H24BrN5O2/c1-24-19-44(30-21-51-22-30)10-11-45(24)29-8-9-37(41-18-29)42-33-14-27(20-43(3)38(33)49)31-16-28(40)17-35(32(31)23-52-25(2)48)47-13-12-46-34-7-5-4-6-26(34)15-36(46)39(47)50;1-16(31)33-15-19-20(27-34-25(2,3)26(4,5)35-27)13-18(28)14-22(19)30-11-10-29-21-9-7-6-8-17(21)12-23(29)24(30)32;1-13-9-24(16-11-27-12-16)5-6-25(13)15-3-4-18(21-8-15)22-17-7-14(20)10-23(2)19(17)26/h8-9,14-18,20,24,30H,4-7,10-13,19,21-23H2,1-3H3,(H,41,42);12-14H,6-11,15H2,1-5H3;3-4,7-8,10,13,16H,5-6,9,11-12H2,1-2H3,(H,21,22)/t24-;;13-/m1.1/s1. The third kappa shape index (κ3) is 16.4. The number of ether oxygens (including phenoxy) is 4. The summed E-state index contributed by atoms with van der Waals surface area (Å²) in [5.41, 5.74) is 10.4. The molecule has 602 valence electrons. The van der Waals surface area contributed by atoms with Crippen molar-refractivity contribution in [2.45, 2.75) is 168 Å². The van der Waals surface area contributed by atoms with Crippen molar-refractivity contribution in [1.29, 1.82) is 0 Å². The topological polar surface area (TPSA) is 247 Å². The van der Waals surface area contributed by atoms with E-state index in [-0.39, 0.29) is 41.8 Å². The molecule has 26 nitrogen and oxygen atoms in total. The second-order valence-corrected chi connectivity index (χ2v) is 33.2. The van der Waals surface area contributed by atoms with Gasteiger partial charge in [-0.2, -0.15) is 0 Å². The normalized spacial score (nSPS) is 20.1. The van der Waals surface area contributed by atoms with E-state index in [0.29, 0.717) is 118 Å². The first-order valence-corrected chi connectivity index (χ1v) is 40.5. The van der Waals surface area contributed by atoms with Gasteiger partial charge in [0.25, 0.3) is 22.9 Å². The van der Waals surface area contributed by atoms with Crippen molar-refractivity contribution < 1.29 is 56.2 Å². The molecule has 2 atom stereocenters. The molecule has 0 unspecified atom stereocenters. The van der Waals surface area contributed by atoms with E-state index in [0.717, 1.165) is 133 Å². The molecular formula is C84H100BBrF2N14O12. The van der Waals surface area contributed by atoms with Crippen molar-refractivity contribution in [2.75, 3.05) is 109 Å². The van der Waals surface area contributed by atoms with Gasteiger partial charge in [-0.25, -0.2) is 18.7 Å². The van der Waals surface area contributed by atoms with Crippen LogP contribution in [0.15, 0.2) is 112 Å². The Balaban J connectivity index is 0.000000143. The van der Waals surface area contributed by atoms with Gasteiger partial charge in [-0.3, -0.25) is 38.6 Å². The molecule has 2 aliphatic carbocycles. The lowest BCUT2D eigenvalue weighted by Crippen LogP contribution is -2.59. The molecule has 9 aliphatic rings. The van der Waals surface area contributed by atoms with E-state index < -0.39 is 41.9 Å². The molecule has 6 aromatic heterocycles. The Morgan fingerprint density at radius 2 is 1.03 bits per heavy atom. The molecule has 114 heavy (non-hydrogen) atoms. The molecule has 7 aliphatic heterocycles. The molecule has 2 amide bonds. The van der Waals surface area contributed by atoms with Gasteiger partial charge in [-0.15, -0.1) is 0 Å². The fraction of sp³-hybridized carbons (Fsp3) is 0.476. The van der Waals surface area contributed by atoms with Crippen LogP contribution in [0.4, 0.5) is 54.5 Å². The maximum absolute atomic E-state index is 15.6. The molecule has 0 bridgehead atoms. The summed E-state index contributed by atoms with van der Waals surface area (Å²) < 4.78 is 72.7. The minimum Gasteiger partial charge on any atom is -0.461 e. The van der Waals surface area contributed by atoms with Gasteiger partial charge in [0, 0.05) is 150 Å². The first-order valence-electron chi connectivity index (χ1n) is 39.7. The van der Waals surface area contributed by atoms with Crippen molar-refractivity contribution in [2.24, 2.45) is 14.1 Å². The van der Waals surface area contributed by atoms with Crippen LogP contribution in [-0.4, -0.2) is 183 Å². The number of fused-ring (bicyclic) bond motifs is 6. The number of nitrogens with one attached hydrogen (secondary N) is 2. The van der Waals surface area contributed by atoms with Crippen molar-refractivity contribution in [1.82, 2.24) is 38.0 Å². The van der Waals surface area contributed by atoms with Crippen LogP contribution in [0.25, 0.3) is 11.1 Å². The summed E-state index contributed by atoms with van der Waals surface area (Å²) in [6, 6.07) is 22.4. The van der Waals surface area contributed by atoms with E-state index in [4.69, 9.17) is 28.3 Å². The first kappa shape index (κ1) is 79.7. The first-order chi connectivity index (χ1) is 54.6. The number of rotatable bonds is 16. The van der Waals surface area contributed by atoms with Crippen LogP contribution in [-0.2, 0) is 104 Å². The van der Waals surface area contributed by atoms with Crippen LogP contribution in [0.3, 0.4) is 0 Å². The molecule has 8 aromatic rings. The minimum atomic E-state index is -0.865. The minimum absolute atomic E-state index is 0.0891. The number of anilines is 8. The molecule has 0 saturated carbocycles. The van der Waals surface area contributed by atoms with Crippen LogP contribution in [0, 0.1) is 11.6 Å². The van der Waals surface area contributed by atoms with E-state index in [1.807, 2.05) is 70.4 Å². The van der Waals surface area contributed by atoms with E-state index in [1.165, 1.54) is 69.8 Å². The summed E-state index contributed by atoms with van der Waals surface area (Å²) in [6.45, 7) is 25.6. The predicted octanol–water partition coefficient (Wildman–Crippen LogP) is 10.4. The lowest BCUT2D eigenvalue weighted by atomic mass is 9.75. The Bertz CT molecular complexity index is 5100. The molecular weight excluding hydrogens is 1530 g/mol. The molecule has 2 aromatic carbocycles. The van der Waals surface area contributed by atoms with Gasteiger partial charge in [0.05, 0.1) is 84.9 Å². The smallest absolute Gasteiger partial charge is 0.461 e. The van der Waals surface area contributed by atoms with Crippen molar-refractivity contribution in [3.05, 3.63) is 179 Å². The number of pyridine rings is 4. The Labute approximate surface area is 670 Å². The Hall–Kier alpha value is -9.56. The number of hydrogen-bond acceptors (Lipinski definition) is 20. The lowest BCUT2D eigenvalue weighted by Gasteiger charge is -2.46. The fourth-order valence-electron chi connectivity index (χ4n) is 17.1. The van der Waals surface area contributed by atoms with Crippen molar-refractivity contribution >= 4 is 98.0 Å². The number of piperazine rings is 2. The van der Waals surface area contributed by atoms with E-state index in [2.05, 4.69) is 85.2 Å². The second kappa shape index (κ2) is 33.0. The largest absolute Gasteiger partial charge is 0.495 e. The van der Waals surface area contributed by atoms with Crippen molar-refractivity contribution in [3.63, 3.8) is 0 Å². The zero-order valence-corrected chi connectivity index (χ0v) is 68.1. The second-order valence-electron chi connectivity index (χ2n) is 32.3. The number of carbonyl (C=O) groups excluding carboxylic acids is 4. The van der Waals surface area contributed by atoms with E-state index >= 15 is 8.78 Å². The summed E-state index contributed by atoms with van der Waals surface area (Å²) in [4.78, 5) is 99.2. The zero-order valence-electron chi connectivity index (χ0n) is 66.5. The van der Waals surface area contributed by atoms with Gasteiger partial charge in [0.2, 0.25) is 0 Å². The molecule has 0 spiro atoms. The van der Waals surface area contributed by atoms with Crippen LogP contribution < -0.4 is 46.8 Å². The van der Waals surface area contributed by atoms with Crippen LogP contribution in [0.1, 0.15) is 136 Å². The highest BCUT2D eigenvalue weighted by Gasteiger charge is 2.53. The van der Waals surface area contributed by atoms with Gasteiger partial charge >= 0.3 is 19.1 Å². The van der Waals surface area contributed by atoms with Gasteiger partial charge in [0.1, 0.15) is 59.2 Å². The number of halogens is 3. The molecule has 5 fully saturated rings. The summed E-state index contributed by atoms with van der Waals surface area (Å²) in [7, 11) is 2.49. The molecule has 17 rings (SSSR count). The van der Waals surface area contributed by atoms with Crippen LogP contribution in [0.5, 0.6) is 0 Å². The SMILES string of the molecule is CC(=O)OCc1c(-c2cc(Nc3ccc(N4CCN(C5COC5)C[C@H]4C)cn3)c(=O)n(C)c2)cc(F)cc1N1CCn2c(cc3c2CCCC3)C1=O.CC(=O)OCc1c(B2OC(C)(C)C(C)(C)O2)cc(F)cc1N1CCn2c(cc3c2CCCC3)C1=O.C[C@@H]1CN(C2COC2)CCN1c1ccc(Nc2cc(Br)cn(C)c2=O)nc1. The van der Waals surface area contributed by atoms with Crippen molar-refractivity contribution in [3.8, 4) is 11.1 Å². The zero-order chi connectivity index (χ0) is 80.2. The third-order valence-electron chi connectivity index (χ3n) is 24.1. The van der Waals surface area contributed by atoms with Crippen LogP contribution >= 0.6 is 15.9 Å². The number of hydrogen-bond donors (Lipinski definition) is 2. The average molecular weight is 1630 g/mol. The third-order valence-corrected chi connectivity index (χ3v) is 24.5. The summed E-state index contributed by atoms with van der Waals surface area (Å²) in [5, 5.41) is 6.29. The molecule has 2 N–H and O–H groups in total. The van der Waals surface area contributed by atoms with Gasteiger partial charge in [0.15, 0.2) is 0 Å². The molecule has 5 saturated heterocycles. The highest BCUT2D eigenvalue weighted by molar-refractivity contribution is 9.10. The summed E-state index contributed by atoms with van der Waals surface area (Å²) in [5.74, 6) is -1.29. The number of benzene rings is 2. The number of amides is 2. The molecule has 13 heterocycles. The molecule has 0 radical (unpaired) electrons. The number of esters is 2. The molecule has 30 heteroatoms. The number of aryl methyl sites for hydroxylation is 4. The lowest BCUT2D eigenvalue weighted by molar-refractivity contribution is -0.143. The fourth-order valence-corrected chi connectivity index (χ4v) is 17.6. The van der Waals surface area contributed by atoms with E-state index in [9.17, 15) is 28.8 Å². The Kier molecular flexibility index (Phi) is 23.0. The highest BCUT2D eigenvalue weighted by atomic mass is 79.9. The van der Waals surface area contributed by atoms with E-state index in [1.54, 1.807) is 48.4 Å². The maximum Gasteiger partial charge on any atom is 0.495 e. The monoisotopic (exact) mass is 1620 g/mol. The predicted molar refractivity (Wildman–Crippen MR) is 436 cm³/mol. The summed E-state index contributed by atoms with van der Waals surface area (Å²) >= 11 is 3.42. The Morgan fingerprint density at radius 1 is 0.570 bits per heavy atom. The highest BCUT2D eigenvalue weighted by Crippen LogP contribution is 2.41. The van der Waals surface area contributed by atoms with Gasteiger partial charge in [-0.1, -0.05) is 0 Å². The average Bonchev–Trinajstić information content (AvgIpc) is 1.53. The number of aromatic nitrogens is 6. The number of nitrogens with zero attached hydrogens (tertiary/aromatic N) is 12. The quantitative estimate of drug-likeness (QED) is 0.0674. The maximum atomic E-state index is 15.6. The van der Waals surface area contributed by atoms with Gasteiger partial charge < -0.3 is 76.8 Å². The Morgan fingerprint density at radius 3 is 1.48 bits per heavy atom. The number of carbonyl (C=O) groups is 4.